The van der Waals surface area contributed by atoms with E-state index in [0.29, 0.717) is 6.54 Å². The van der Waals surface area contributed by atoms with E-state index in [2.05, 4.69) is 24.8 Å². The number of unbranched alkanes of at least 4 members (excludes halogenated alkanes) is 2. The minimum Gasteiger partial charge on any atom is -0.356 e. The van der Waals surface area contributed by atoms with Gasteiger partial charge in [0.1, 0.15) is 5.82 Å². The number of hydrogen-bond donors (Lipinski definition) is 1. The summed E-state index contributed by atoms with van der Waals surface area (Å²) in [5.41, 5.74) is 10.0. The molecule has 0 fully saturated rings. The molecule has 0 amide bonds. The van der Waals surface area contributed by atoms with E-state index in [-0.39, 0.29) is 0 Å². The molecule has 1 heterocycles. The van der Waals surface area contributed by atoms with Crippen molar-refractivity contribution in [3.63, 3.8) is 0 Å². The monoisotopic (exact) mass is 289 g/mol. The molecule has 1 aliphatic rings. The Hall–Kier alpha value is -1.09. The van der Waals surface area contributed by atoms with Crippen LogP contribution >= 0.6 is 0 Å². The van der Waals surface area contributed by atoms with Gasteiger partial charge >= 0.3 is 0 Å². The summed E-state index contributed by atoms with van der Waals surface area (Å²) in [6.45, 7) is 7.32. The van der Waals surface area contributed by atoms with Gasteiger partial charge in [-0.1, -0.05) is 26.7 Å². The maximum absolute atomic E-state index is 6.01. The highest BCUT2D eigenvalue weighted by Gasteiger charge is 2.18. The first-order valence-corrected chi connectivity index (χ1v) is 8.76. The molecule has 0 unspecified atom stereocenters. The second-order valence-electron chi connectivity index (χ2n) is 6.18. The molecular weight excluding hydrogens is 258 g/mol. The molecule has 0 saturated heterocycles. The lowest BCUT2D eigenvalue weighted by atomic mass is 9.94. The minimum atomic E-state index is 0.602. The molecular formula is C18H31N3. The third-order valence-corrected chi connectivity index (χ3v) is 4.44. The molecule has 118 valence electrons. The normalized spacial score (nSPS) is 14.0. The van der Waals surface area contributed by atoms with E-state index in [1.165, 1.54) is 67.6 Å². The van der Waals surface area contributed by atoms with E-state index in [9.17, 15) is 0 Å². The summed E-state index contributed by atoms with van der Waals surface area (Å²) in [5.74, 6) is 1.17. The number of nitrogens with zero attached hydrogens (tertiary/aromatic N) is 2. The standard InChI is InChI=1S/C18H31N3/c1-3-5-11-21(12-6-4-2)18-16(14-19)13-15-9-7-8-10-17(15)20-18/h13H,3-12,14,19H2,1-2H3. The van der Waals surface area contributed by atoms with Gasteiger partial charge in [-0.25, -0.2) is 4.98 Å². The van der Waals surface area contributed by atoms with Gasteiger partial charge in [0.05, 0.1) is 0 Å². The second-order valence-corrected chi connectivity index (χ2v) is 6.18. The summed E-state index contributed by atoms with van der Waals surface area (Å²) in [4.78, 5) is 7.51. The molecule has 1 aromatic rings. The largest absolute Gasteiger partial charge is 0.356 e. The van der Waals surface area contributed by atoms with Crippen LogP contribution in [0, 0.1) is 0 Å². The lowest BCUT2D eigenvalue weighted by Gasteiger charge is -2.28. The SMILES string of the molecule is CCCCN(CCCC)c1nc2c(cc1CN)CCCC2. The average molecular weight is 289 g/mol. The fraction of sp³-hybridized carbons (Fsp3) is 0.722. The van der Waals surface area contributed by atoms with E-state index in [4.69, 9.17) is 10.7 Å². The van der Waals surface area contributed by atoms with Gasteiger partial charge in [-0.2, -0.15) is 0 Å². The van der Waals surface area contributed by atoms with Crippen LogP contribution < -0.4 is 10.6 Å². The van der Waals surface area contributed by atoms with Gasteiger partial charge < -0.3 is 10.6 Å². The van der Waals surface area contributed by atoms with Crippen LogP contribution in [0.1, 0.15) is 69.2 Å². The Kier molecular flexibility index (Phi) is 6.50. The van der Waals surface area contributed by atoms with Crippen LogP contribution in [0.4, 0.5) is 5.82 Å². The summed E-state index contributed by atoms with van der Waals surface area (Å²) in [7, 11) is 0. The van der Waals surface area contributed by atoms with Crippen molar-refractivity contribution in [3.05, 3.63) is 22.9 Å². The molecule has 2 rings (SSSR count). The van der Waals surface area contributed by atoms with Gasteiger partial charge in [-0.15, -0.1) is 0 Å². The van der Waals surface area contributed by atoms with Crippen molar-refractivity contribution in [1.29, 1.82) is 0 Å². The minimum absolute atomic E-state index is 0.602. The predicted molar refractivity (Wildman–Crippen MR) is 90.8 cm³/mol. The highest BCUT2D eigenvalue weighted by Crippen LogP contribution is 2.27. The molecule has 1 aromatic heterocycles. The van der Waals surface area contributed by atoms with Crippen molar-refractivity contribution < 1.29 is 0 Å². The Morgan fingerprint density at radius 1 is 1.10 bits per heavy atom. The molecule has 0 atom stereocenters. The zero-order valence-corrected chi connectivity index (χ0v) is 13.8. The average Bonchev–Trinajstić information content (AvgIpc) is 2.54. The van der Waals surface area contributed by atoms with E-state index >= 15 is 0 Å². The van der Waals surface area contributed by atoms with Crippen LogP contribution in [0.15, 0.2) is 6.07 Å². The van der Waals surface area contributed by atoms with Gasteiger partial charge in [-0.3, -0.25) is 0 Å². The Balaban J connectivity index is 2.27. The van der Waals surface area contributed by atoms with Crippen molar-refractivity contribution >= 4 is 5.82 Å². The van der Waals surface area contributed by atoms with Crippen molar-refractivity contribution in [3.8, 4) is 0 Å². The Labute approximate surface area is 129 Å². The van der Waals surface area contributed by atoms with E-state index in [0.717, 1.165) is 19.5 Å². The fourth-order valence-electron chi connectivity index (χ4n) is 3.12. The molecule has 0 aromatic carbocycles. The number of hydrogen-bond acceptors (Lipinski definition) is 3. The number of anilines is 1. The quantitative estimate of drug-likeness (QED) is 0.791. The molecule has 0 saturated carbocycles. The fourth-order valence-corrected chi connectivity index (χ4v) is 3.12. The van der Waals surface area contributed by atoms with Crippen LogP contribution in [0.25, 0.3) is 0 Å². The first-order chi connectivity index (χ1) is 10.3. The summed E-state index contributed by atoms with van der Waals surface area (Å²) in [5, 5.41) is 0. The first-order valence-electron chi connectivity index (χ1n) is 8.76. The zero-order chi connectivity index (χ0) is 15.1. The van der Waals surface area contributed by atoms with Crippen LogP contribution in [0.5, 0.6) is 0 Å². The van der Waals surface area contributed by atoms with Crippen molar-refractivity contribution in [2.75, 3.05) is 18.0 Å². The first kappa shape index (κ1) is 16.3. The molecule has 0 bridgehead atoms. The molecule has 3 nitrogen and oxygen atoms in total. The van der Waals surface area contributed by atoms with Crippen LogP contribution in [-0.2, 0) is 19.4 Å². The van der Waals surface area contributed by atoms with Crippen molar-refractivity contribution in [2.45, 2.75) is 71.8 Å². The number of rotatable bonds is 8. The lowest BCUT2D eigenvalue weighted by Crippen LogP contribution is -2.29. The molecule has 0 aliphatic heterocycles. The Bertz CT molecular complexity index is 434. The number of fused-ring (bicyclic) bond motifs is 1. The molecule has 0 radical (unpaired) electrons. The third-order valence-electron chi connectivity index (χ3n) is 4.44. The molecule has 3 heteroatoms. The Morgan fingerprint density at radius 2 is 1.76 bits per heavy atom. The highest BCUT2D eigenvalue weighted by atomic mass is 15.2. The number of aryl methyl sites for hydroxylation is 2. The van der Waals surface area contributed by atoms with Crippen LogP contribution in [0.3, 0.4) is 0 Å². The number of nitrogens with two attached hydrogens (primary N) is 1. The van der Waals surface area contributed by atoms with Gasteiger partial charge in [0.15, 0.2) is 0 Å². The van der Waals surface area contributed by atoms with Gasteiger partial charge in [0.25, 0.3) is 0 Å². The van der Waals surface area contributed by atoms with E-state index in [1.54, 1.807) is 0 Å². The Morgan fingerprint density at radius 3 is 2.38 bits per heavy atom. The molecule has 0 spiro atoms. The van der Waals surface area contributed by atoms with Crippen molar-refractivity contribution in [1.82, 2.24) is 4.98 Å². The van der Waals surface area contributed by atoms with Gasteiger partial charge in [-0.05, 0) is 50.2 Å². The topological polar surface area (TPSA) is 42.2 Å². The summed E-state index contributed by atoms with van der Waals surface area (Å²) in [6.07, 6.45) is 9.82. The van der Waals surface area contributed by atoms with Gasteiger partial charge in [0.2, 0.25) is 0 Å². The smallest absolute Gasteiger partial charge is 0.133 e. The van der Waals surface area contributed by atoms with Crippen LogP contribution in [-0.4, -0.2) is 18.1 Å². The summed E-state index contributed by atoms with van der Waals surface area (Å²) >= 11 is 0. The maximum atomic E-state index is 6.01. The second kappa shape index (κ2) is 8.38. The van der Waals surface area contributed by atoms with E-state index < -0.39 is 0 Å². The molecule has 2 N–H and O–H groups in total. The third kappa shape index (κ3) is 4.19. The summed E-state index contributed by atoms with van der Waals surface area (Å²) in [6, 6.07) is 2.34. The zero-order valence-electron chi connectivity index (χ0n) is 13.8. The van der Waals surface area contributed by atoms with E-state index in [1.807, 2.05) is 0 Å². The maximum Gasteiger partial charge on any atom is 0.133 e. The van der Waals surface area contributed by atoms with Gasteiger partial charge in [0, 0.05) is 30.9 Å². The van der Waals surface area contributed by atoms with Crippen LogP contribution in [0.2, 0.25) is 0 Å². The van der Waals surface area contributed by atoms with Crippen molar-refractivity contribution in [2.24, 2.45) is 5.73 Å². The number of pyridine rings is 1. The number of aromatic nitrogens is 1. The highest BCUT2D eigenvalue weighted by molar-refractivity contribution is 5.50. The molecule has 1 aliphatic carbocycles. The summed E-state index contributed by atoms with van der Waals surface area (Å²) < 4.78 is 0. The lowest BCUT2D eigenvalue weighted by molar-refractivity contribution is 0.644. The molecule has 21 heavy (non-hydrogen) atoms. The predicted octanol–water partition coefficient (Wildman–Crippen LogP) is 3.83.